The summed E-state index contributed by atoms with van der Waals surface area (Å²) in [6.07, 6.45) is 0. The van der Waals surface area contributed by atoms with Crippen molar-refractivity contribution in [1.82, 2.24) is 0 Å². The monoisotopic (exact) mass is 286 g/mol. The number of nitrogens with two attached hydrogens (primary N) is 1. The van der Waals surface area contributed by atoms with Crippen LogP contribution in [0, 0.1) is 6.92 Å². The molecule has 21 heavy (non-hydrogen) atoms. The van der Waals surface area contributed by atoms with Crippen LogP contribution in [0.4, 0.5) is 11.4 Å². The predicted molar refractivity (Wildman–Crippen MR) is 83.1 cm³/mol. The highest BCUT2D eigenvalue weighted by molar-refractivity contribution is 6.08. The molecular weight excluding hydrogens is 268 g/mol. The summed E-state index contributed by atoms with van der Waals surface area (Å²) in [4.78, 5) is 12.3. The van der Waals surface area contributed by atoms with E-state index in [-0.39, 0.29) is 5.91 Å². The van der Waals surface area contributed by atoms with Crippen LogP contribution < -0.4 is 20.5 Å². The summed E-state index contributed by atoms with van der Waals surface area (Å²) in [7, 11) is 3.11. The number of hydrogen-bond donors (Lipinski definition) is 2. The number of carbonyl (C=O) groups is 1. The van der Waals surface area contributed by atoms with Crippen LogP contribution in [0.5, 0.6) is 11.5 Å². The SMILES string of the molecule is COc1cc(NC(=O)c2cc(C)ccc2N)cc(OC)c1. The highest BCUT2D eigenvalue weighted by atomic mass is 16.5. The zero-order valence-electron chi connectivity index (χ0n) is 12.3. The van der Waals surface area contributed by atoms with Gasteiger partial charge < -0.3 is 20.5 Å². The minimum absolute atomic E-state index is 0.272. The van der Waals surface area contributed by atoms with Crippen molar-refractivity contribution >= 4 is 17.3 Å². The minimum Gasteiger partial charge on any atom is -0.497 e. The number of rotatable bonds is 4. The van der Waals surface area contributed by atoms with Gasteiger partial charge in [-0.3, -0.25) is 4.79 Å². The molecule has 0 spiro atoms. The predicted octanol–water partition coefficient (Wildman–Crippen LogP) is 2.85. The highest BCUT2D eigenvalue weighted by Gasteiger charge is 2.11. The zero-order chi connectivity index (χ0) is 15.4. The van der Waals surface area contributed by atoms with Gasteiger partial charge in [-0.1, -0.05) is 11.6 Å². The first kappa shape index (κ1) is 14.7. The molecule has 3 N–H and O–H groups in total. The van der Waals surface area contributed by atoms with Crippen molar-refractivity contribution in [3.05, 3.63) is 47.5 Å². The van der Waals surface area contributed by atoms with Gasteiger partial charge in [-0.15, -0.1) is 0 Å². The zero-order valence-corrected chi connectivity index (χ0v) is 12.3. The lowest BCUT2D eigenvalue weighted by molar-refractivity contribution is 0.102. The summed E-state index contributed by atoms with van der Waals surface area (Å²) < 4.78 is 10.3. The number of ether oxygens (including phenoxy) is 2. The molecular formula is C16H18N2O3. The van der Waals surface area contributed by atoms with Crippen molar-refractivity contribution in [1.29, 1.82) is 0 Å². The van der Waals surface area contributed by atoms with Gasteiger partial charge in [0.1, 0.15) is 11.5 Å². The average Bonchev–Trinajstić information content (AvgIpc) is 2.49. The number of aryl methyl sites for hydroxylation is 1. The fraction of sp³-hybridized carbons (Fsp3) is 0.188. The molecule has 5 heteroatoms. The second-order valence-corrected chi connectivity index (χ2v) is 4.65. The molecule has 0 unspecified atom stereocenters. The van der Waals surface area contributed by atoms with Crippen molar-refractivity contribution in [2.45, 2.75) is 6.92 Å². The van der Waals surface area contributed by atoms with E-state index in [1.165, 1.54) is 0 Å². The number of benzene rings is 2. The first-order valence-corrected chi connectivity index (χ1v) is 6.44. The van der Waals surface area contributed by atoms with E-state index in [0.717, 1.165) is 5.56 Å². The van der Waals surface area contributed by atoms with E-state index in [4.69, 9.17) is 15.2 Å². The average molecular weight is 286 g/mol. The Kier molecular flexibility index (Phi) is 4.33. The summed E-state index contributed by atoms with van der Waals surface area (Å²) in [5.74, 6) is 0.926. The number of amides is 1. The van der Waals surface area contributed by atoms with Crippen LogP contribution in [0.3, 0.4) is 0 Å². The van der Waals surface area contributed by atoms with Gasteiger partial charge in [0.25, 0.3) is 5.91 Å². The van der Waals surface area contributed by atoms with Crippen molar-refractivity contribution in [2.75, 3.05) is 25.3 Å². The third kappa shape index (κ3) is 3.45. The van der Waals surface area contributed by atoms with E-state index in [0.29, 0.717) is 28.4 Å². The lowest BCUT2D eigenvalue weighted by Crippen LogP contribution is -2.14. The Morgan fingerprint density at radius 3 is 2.24 bits per heavy atom. The van der Waals surface area contributed by atoms with Gasteiger partial charge in [-0.05, 0) is 19.1 Å². The summed E-state index contributed by atoms with van der Waals surface area (Å²) in [5.41, 5.74) is 8.28. The van der Waals surface area contributed by atoms with Gasteiger partial charge in [0.2, 0.25) is 0 Å². The van der Waals surface area contributed by atoms with Crippen LogP contribution in [0.1, 0.15) is 15.9 Å². The fourth-order valence-electron chi connectivity index (χ4n) is 1.94. The van der Waals surface area contributed by atoms with Gasteiger partial charge in [0, 0.05) is 29.6 Å². The molecule has 0 aliphatic carbocycles. The number of anilines is 2. The summed E-state index contributed by atoms with van der Waals surface area (Å²) in [6.45, 7) is 1.91. The lowest BCUT2D eigenvalue weighted by atomic mass is 10.1. The van der Waals surface area contributed by atoms with Crippen LogP contribution in [0.25, 0.3) is 0 Å². The molecule has 0 aliphatic heterocycles. The molecule has 2 aromatic rings. The van der Waals surface area contributed by atoms with Crippen molar-refractivity contribution < 1.29 is 14.3 Å². The molecule has 1 amide bonds. The largest absolute Gasteiger partial charge is 0.497 e. The molecule has 110 valence electrons. The summed E-state index contributed by atoms with van der Waals surface area (Å²) >= 11 is 0. The van der Waals surface area contributed by atoms with Crippen LogP contribution in [0.2, 0.25) is 0 Å². The van der Waals surface area contributed by atoms with Crippen molar-refractivity contribution in [3.8, 4) is 11.5 Å². The topological polar surface area (TPSA) is 73.6 Å². The van der Waals surface area contributed by atoms with Crippen LogP contribution in [0.15, 0.2) is 36.4 Å². The smallest absolute Gasteiger partial charge is 0.257 e. The highest BCUT2D eigenvalue weighted by Crippen LogP contribution is 2.26. The standard InChI is InChI=1S/C16H18N2O3/c1-10-4-5-15(17)14(6-10)16(19)18-11-7-12(20-2)9-13(8-11)21-3/h4-9H,17H2,1-3H3,(H,18,19). The normalized spacial score (nSPS) is 10.0. The molecule has 0 saturated carbocycles. The number of nitrogen functional groups attached to an aromatic ring is 1. The Morgan fingerprint density at radius 2 is 1.67 bits per heavy atom. The van der Waals surface area contributed by atoms with Crippen LogP contribution >= 0.6 is 0 Å². The second kappa shape index (κ2) is 6.17. The molecule has 0 atom stereocenters. The molecule has 0 fully saturated rings. The number of nitrogens with one attached hydrogen (secondary N) is 1. The molecule has 0 aliphatic rings. The molecule has 2 aromatic carbocycles. The molecule has 0 saturated heterocycles. The van der Waals surface area contributed by atoms with E-state index in [1.54, 1.807) is 44.6 Å². The van der Waals surface area contributed by atoms with Gasteiger partial charge in [0.15, 0.2) is 0 Å². The molecule has 0 aromatic heterocycles. The van der Waals surface area contributed by atoms with E-state index < -0.39 is 0 Å². The van der Waals surface area contributed by atoms with Gasteiger partial charge in [-0.2, -0.15) is 0 Å². The van der Waals surface area contributed by atoms with E-state index in [9.17, 15) is 4.79 Å². The quantitative estimate of drug-likeness (QED) is 0.848. The van der Waals surface area contributed by atoms with Crippen LogP contribution in [-0.4, -0.2) is 20.1 Å². The fourth-order valence-corrected chi connectivity index (χ4v) is 1.94. The van der Waals surface area contributed by atoms with Gasteiger partial charge >= 0.3 is 0 Å². The molecule has 5 nitrogen and oxygen atoms in total. The van der Waals surface area contributed by atoms with E-state index in [2.05, 4.69) is 5.32 Å². The molecule has 0 bridgehead atoms. The Morgan fingerprint density at radius 1 is 1.05 bits per heavy atom. The maximum Gasteiger partial charge on any atom is 0.257 e. The van der Waals surface area contributed by atoms with E-state index in [1.807, 2.05) is 13.0 Å². The molecule has 0 radical (unpaired) electrons. The molecule has 0 heterocycles. The lowest BCUT2D eigenvalue weighted by Gasteiger charge is -2.11. The van der Waals surface area contributed by atoms with E-state index >= 15 is 0 Å². The number of carbonyl (C=O) groups excluding carboxylic acids is 1. The second-order valence-electron chi connectivity index (χ2n) is 4.65. The maximum atomic E-state index is 12.3. The Hall–Kier alpha value is -2.69. The Bertz CT molecular complexity index is 646. The van der Waals surface area contributed by atoms with Crippen molar-refractivity contribution in [2.24, 2.45) is 0 Å². The third-order valence-electron chi connectivity index (χ3n) is 3.06. The maximum absolute atomic E-state index is 12.3. The Labute approximate surface area is 123 Å². The van der Waals surface area contributed by atoms with Gasteiger partial charge in [-0.25, -0.2) is 0 Å². The number of hydrogen-bond acceptors (Lipinski definition) is 4. The first-order valence-electron chi connectivity index (χ1n) is 6.44. The summed E-state index contributed by atoms with van der Waals surface area (Å²) in [6, 6.07) is 10.5. The summed E-state index contributed by atoms with van der Waals surface area (Å²) in [5, 5.41) is 2.80. The third-order valence-corrected chi connectivity index (χ3v) is 3.06. The number of methoxy groups -OCH3 is 2. The minimum atomic E-state index is -0.272. The first-order chi connectivity index (χ1) is 10.0. The van der Waals surface area contributed by atoms with Crippen LogP contribution in [-0.2, 0) is 0 Å². The Balaban J connectivity index is 2.28. The van der Waals surface area contributed by atoms with Crippen molar-refractivity contribution in [3.63, 3.8) is 0 Å². The van der Waals surface area contributed by atoms with Gasteiger partial charge in [0.05, 0.1) is 19.8 Å². The molecule has 2 rings (SSSR count).